The summed E-state index contributed by atoms with van der Waals surface area (Å²) in [6, 6.07) is 7.65. The smallest absolute Gasteiger partial charge is 0.300 e. The molecule has 2 aromatic rings. The molecule has 0 unspecified atom stereocenters. The lowest BCUT2D eigenvalue weighted by molar-refractivity contribution is -0.134. The molecule has 36 heavy (non-hydrogen) atoms. The molecular formula is C27H31N3O6. The number of phenols is 1. The molecular weight excluding hydrogens is 462 g/mol. The van der Waals surface area contributed by atoms with Crippen LogP contribution in [-0.2, 0) is 16.6 Å². The first kappa shape index (κ1) is 24.1. The van der Waals surface area contributed by atoms with Gasteiger partial charge in [-0.05, 0) is 56.3 Å². The Morgan fingerprint density at radius 1 is 1.25 bits per heavy atom. The molecule has 0 radical (unpaired) electrons. The van der Waals surface area contributed by atoms with Crippen molar-refractivity contribution in [3.05, 3.63) is 59.3 Å². The monoisotopic (exact) mass is 493 g/mol. The molecule has 2 bridgehead atoms. The van der Waals surface area contributed by atoms with E-state index in [4.69, 9.17) is 19.4 Å². The van der Waals surface area contributed by atoms with Crippen molar-refractivity contribution in [2.45, 2.75) is 43.4 Å². The lowest BCUT2D eigenvalue weighted by Gasteiger charge is -2.56. The van der Waals surface area contributed by atoms with E-state index in [0.29, 0.717) is 23.2 Å². The van der Waals surface area contributed by atoms with E-state index >= 15 is 0 Å². The van der Waals surface area contributed by atoms with Gasteiger partial charge in [-0.15, -0.1) is 0 Å². The van der Waals surface area contributed by atoms with Gasteiger partial charge in [0, 0.05) is 50.2 Å². The second-order valence-electron chi connectivity index (χ2n) is 10.1. The topological polar surface area (TPSA) is 112 Å². The lowest BCUT2D eigenvalue weighted by atomic mass is 9.53. The standard InChI is InChI=1S/C25H27N3O4.C2H4O2/c1-27(2)24(30)15-5-4-11-26-23(15)31-19-9-7-16-17-13-14-6-8-18(29)21-20(14)25(16,22(19)32-21)10-12-28(17)3;1-2(3)4/h4-9,11,16-17,19,22,29H,10,12-13H2,1-3H3;1H3,(H,3,4)/t16-,17+,19-,22-,25-;/m0./s1. The van der Waals surface area contributed by atoms with Crippen LogP contribution in [0.3, 0.4) is 0 Å². The van der Waals surface area contributed by atoms with Crippen LogP contribution in [0, 0.1) is 5.92 Å². The van der Waals surface area contributed by atoms with Gasteiger partial charge < -0.3 is 29.5 Å². The number of piperidine rings is 1. The summed E-state index contributed by atoms with van der Waals surface area (Å²) in [5.41, 5.74) is 2.58. The van der Waals surface area contributed by atoms with Gasteiger partial charge in [0.1, 0.15) is 11.7 Å². The minimum atomic E-state index is -0.833. The molecule has 9 nitrogen and oxygen atoms in total. The molecule has 2 N–H and O–H groups in total. The largest absolute Gasteiger partial charge is 0.504 e. The Bertz CT molecular complexity index is 1240. The Morgan fingerprint density at radius 2 is 2.00 bits per heavy atom. The van der Waals surface area contributed by atoms with E-state index in [1.165, 1.54) is 10.5 Å². The van der Waals surface area contributed by atoms with Crippen molar-refractivity contribution in [3.63, 3.8) is 0 Å². The zero-order chi connectivity index (χ0) is 25.8. The Labute approximate surface area is 209 Å². The summed E-state index contributed by atoms with van der Waals surface area (Å²) in [7, 11) is 5.62. The number of ether oxygens (including phenoxy) is 2. The minimum Gasteiger partial charge on any atom is -0.504 e. The van der Waals surface area contributed by atoms with Crippen LogP contribution in [0.1, 0.15) is 34.8 Å². The van der Waals surface area contributed by atoms with E-state index in [2.05, 4.69) is 29.1 Å². The zero-order valence-corrected chi connectivity index (χ0v) is 20.8. The lowest BCUT2D eigenvalue weighted by Crippen LogP contribution is -2.65. The number of nitrogens with zero attached hydrogens (tertiary/aromatic N) is 3. The number of carbonyl (C=O) groups excluding carboxylic acids is 1. The SMILES string of the molecule is CC(=O)O.CN(C)C(=O)c1cccnc1O[C@H]1C=C[C@H]2[C@H]3Cc4ccc(O)c5c4[C@@]2(CCN3C)[C@H]1O5. The third-order valence-corrected chi connectivity index (χ3v) is 7.79. The molecule has 3 heterocycles. The van der Waals surface area contributed by atoms with Gasteiger partial charge >= 0.3 is 0 Å². The molecule has 1 aromatic heterocycles. The fourth-order valence-corrected chi connectivity index (χ4v) is 6.34. The van der Waals surface area contributed by atoms with E-state index in [9.17, 15) is 9.90 Å². The first-order valence-corrected chi connectivity index (χ1v) is 12.1. The molecule has 1 amide bonds. The number of hydrogen-bond acceptors (Lipinski definition) is 7. The van der Waals surface area contributed by atoms with Crippen molar-refractivity contribution in [1.82, 2.24) is 14.8 Å². The van der Waals surface area contributed by atoms with Crippen molar-refractivity contribution in [3.8, 4) is 17.4 Å². The predicted octanol–water partition coefficient (Wildman–Crippen LogP) is 2.47. The van der Waals surface area contributed by atoms with E-state index in [-0.39, 0.29) is 29.1 Å². The number of phenolic OH excluding ortho intramolecular Hbond substituents is 1. The third-order valence-electron chi connectivity index (χ3n) is 7.79. The number of likely N-dealkylation sites (N-methyl/N-ethyl adjacent to an activating group) is 1. The molecule has 1 saturated heterocycles. The third kappa shape index (κ3) is 3.61. The molecule has 4 aliphatic rings. The number of likely N-dealkylation sites (tertiary alicyclic amines) is 1. The highest BCUT2D eigenvalue weighted by Gasteiger charge is 2.65. The zero-order valence-electron chi connectivity index (χ0n) is 20.8. The molecule has 0 saturated carbocycles. The van der Waals surface area contributed by atoms with Gasteiger partial charge in [-0.25, -0.2) is 4.98 Å². The molecule has 2 aliphatic carbocycles. The second kappa shape index (κ2) is 8.81. The molecule has 1 aromatic carbocycles. The van der Waals surface area contributed by atoms with Crippen LogP contribution in [-0.4, -0.2) is 82.8 Å². The van der Waals surface area contributed by atoms with E-state index in [0.717, 1.165) is 31.9 Å². The predicted molar refractivity (Wildman–Crippen MR) is 132 cm³/mol. The number of amides is 1. The maximum atomic E-state index is 12.7. The quantitative estimate of drug-likeness (QED) is 0.628. The van der Waals surface area contributed by atoms with Gasteiger partial charge in [-0.1, -0.05) is 12.1 Å². The first-order valence-electron chi connectivity index (χ1n) is 12.1. The normalized spacial score (nSPS) is 28.8. The number of benzene rings is 1. The van der Waals surface area contributed by atoms with Crippen LogP contribution < -0.4 is 9.47 Å². The first-order chi connectivity index (χ1) is 17.1. The average Bonchev–Trinajstić information content (AvgIpc) is 3.19. The maximum Gasteiger partial charge on any atom is 0.300 e. The highest BCUT2D eigenvalue weighted by atomic mass is 16.6. The molecule has 2 aliphatic heterocycles. The van der Waals surface area contributed by atoms with Gasteiger partial charge in [0.25, 0.3) is 11.9 Å². The van der Waals surface area contributed by atoms with Crippen LogP contribution in [0.25, 0.3) is 0 Å². The number of aromatic nitrogens is 1. The van der Waals surface area contributed by atoms with Gasteiger partial charge in [-0.2, -0.15) is 0 Å². The van der Waals surface area contributed by atoms with Crippen LogP contribution in [0.4, 0.5) is 0 Å². The fourth-order valence-electron chi connectivity index (χ4n) is 6.34. The summed E-state index contributed by atoms with van der Waals surface area (Å²) in [4.78, 5) is 30.0. The number of carboxylic acids is 1. The van der Waals surface area contributed by atoms with Crippen molar-refractivity contribution >= 4 is 11.9 Å². The van der Waals surface area contributed by atoms with Crippen molar-refractivity contribution < 1.29 is 29.3 Å². The van der Waals surface area contributed by atoms with E-state index < -0.39 is 12.1 Å². The van der Waals surface area contributed by atoms with Crippen molar-refractivity contribution in [1.29, 1.82) is 0 Å². The number of rotatable bonds is 3. The van der Waals surface area contributed by atoms with Crippen LogP contribution >= 0.6 is 0 Å². The van der Waals surface area contributed by atoms with E-state index in [1.807, 2.05) is 6.07 Å². The van der Waals surface area contributed by atoms with Crippen LogP contribution in [0.2, 0.25) is 0 Å². The van der Waals surface area contributed by atoms with Crippen LogP contribution in [0.15, 0.2) is 42.6 Å². The Hall–Kier alpha value is -3.59. The summed E-state index contributed by atoms with van der Waals surface area (Å²) < 4.78 is 12.9. The van der Waals surface area contributed by atoms with Gasteiger partial charge in [-0.3, -0.25) is 9.59 Å². The number of hydrogen-bond donors (Lipinski definition) is 2. The summed E-state index contributed by atoms with van der Waals surface area (Å²) in [5.74, 6) is 0.386. The number of aliphatic carboxylic acids is 1. The van der Waals surface area contributed by atoms with Gasteiger partial charge in [0.15, 0.2) is 17.6 Å². The molecule has 6 rings (SSSR count). The van der Waals surface area contributed by atoms with Crippen LogP contribution in [0.5, 0.6) is 17.4 Å². The Morgan fingerprint density at radius 3 is 2.72 bits per heavy atom. The number of pyridine rings is 1. The van der Waals surface area contributed by atoms with Crippen molar-refractivity contribution in [2.24, 2.45) is 5.92 Å². The highest BCUT2D eigenvalue weighted by molar-refractivity contribution is 5.96. The fraction of sp³-hybridized carbons (Fsp3) is 0.444. The summed E-state index contributed by atoms with van der Waals surface area (Å²) in [5, 5.41) is 18.1. The molecule has 190 valence electrons. The summed E-state index contributed by atoms with van der Waals surface area (Å²) in [6.07, 6.45) is 7.12. The van der Waals surface area contributed by atoms with E-state index in [1.54, 1.807) is 38.5 Å². The van der Waals surface area contributed by atoms with Crippen molar-refractivity contribution in [2.75, 3.05) is 27.7 Å². The Kier molecular flexibility index (Phi) is 5.90. The number of carboxylic acid groups (broad SMARTS) is 1. The minimum absolute atomic E-state index is 0.156. The Balaban J connectivity index is 0.000000623. The average molecular weight is 494 g/mol. The number of carbonyl (C=O) groups is 2. The summed E-state index contributed by atoms with van der Waals surface area (Å²) >= 11 is 0. The van der Waals surface area contributed by atoms with Gasteiger partial charge in [0.05, 0.1) is 0 Å². The second-order valence-corrected chi connectivity index (χ2v) is 10.1. The summed E-state index contributed by atoms with van der Waals surface area (Å²) in [6.45, 7) is 2.05. The molecule has 9 heteroatoms. The molecule has 1 spiro atoms. The maximum absolute atomic E-state index is 12.7. The van der Waals surface area contributed by atoms with Gasteiger partial charge in [0.2, 0.25) is 5.88 Å². The number of aromatic hydroxyl groups is 1. The highest BCUT2D eigenvalue weighted by Crippen LogP contribution is 2.62. The molecule has 5 atom stereocenters. The molecule has 1 fully saturated rings.